The lowest BCUT2D eigenvalue weighted by molar-refractivity contribution is -0.115. The number of carbonyl (C=O) groups is 2. The topological polar surface area (TPSA) is 58.2 Å². The minimum Gasteiger partial charge on any atom is -0.325 e. The second-order valence-corrected chi connectivity index (χ2v) is 8.93. The van der Waals surface area contributed by atoms with Gasteiger partial charge in [-0.2, -0.15) is 0 Å². The molecule has 34 heavy (non-hydrogen) atoms. The summed E-state index contributed by atoms with van der Waals surface area (Å²) in [4.78, 5) is 26.6. The van der Waals surface area contributed by atoms with Gasteiger partial charge in [0.1, 0.15) is 11.1 Å². The van der Waals surface area contributed by atoms with E-state index in [2.05, 4.69) is 10.6 Å². The van der Waals surface area contributed by atoms with Crippen LogP contribution in [0.5, 0.6) is 0 Å². The van der Waals surface area contributed by atoms with Crippen LogP contribution in [0.15, 0.2) is 108 Å². The number of aryl methyl sites for hydroxylation is 1. The van der Waals surface area contributed by atoms with E-state index in [0.29, 0.717) is 16.9 Å². The summed E-state index contributed by atoms with van der Waals surface area (Å²) in [5.41, 5.74) is 3.65. The molecule has 0 aliphatic heterocycles. The predicted octanol–water partition coefficient (Wildman–Crippen LogP) is 6.86. The maximum absolute atomic E-state index is 13.2. The smallest absolute Gasteiger partial charge is 0.255 e. The number of carbonyl (C=O) groups excluding carboxylic acids is 2. The summed E-state index contributed by atoms with van der Waals surface area (Å²) in [5.74, 6) is -0.788. The van der Waals surface area contributed by atoms with Crippen LogP contribution >= 0.6 is 11.8 Å². The Bertz CT molecular complexity index is 1280. The standard InChI is InChI=1S/C28H23FN2O2S/c1-19-10-12-21(13-11-19)27(32)31-24-8-5-9-25(18-24)34-26(20-6-3-2-4-7-20)28(33)30-23-16-14-22(29)15-17-23/h2-18,26H,1H3,(H,30,33)(H,31,32). The minimum absolute atomic E-state index is 0.198. The molecule has 2 N–H and O–H groups in total. The van der Waals surface area contributed by atoms with Gasteiger partial charge in [-0.05, 0) is 67.1 Å². The molecule has 4 nitrogen and oxygen atoms in total. The van der Waals surface area contributed by atoms with Crippen molar-refractivity contribution in [1.29, 1.82) is 0 Å². The van der Waals surface area contributed by atoms with Crippen LogP contribution in [-0.2, 0) is 4.79 Å². The van der Waals surface area contributed by atoms with Crippen LogP contribution in [0.2, 0.25) is 0 Å². The maximum Gasteiger partial charge on any atom is 0.255 e. The number of anilines is 2. The summed E-state index contributed by atoms with van der Waals surface area (Å²) >= 11 is 1.37. The summed E-state index contributed by atoms with van der Waals surface area (Å²) in [6.07, 6.45) is 0. The lowest BCUT2D eigenvalue weighted by atomic mass is 10.1. The molecule has 0 bridgehead atoms. The van der Waals surface area contributed by atoms with E-state index in [-0.39, 0.29) is 17.6 Å². The molecule has 1 unspecified atom stereocenters. The molecule has 4 aromatic rings. The highest BCUT2D eigenvalue weighted by Crippen LogP contribution is 2.37. The van der Waals surface area contributed by atoms with Gasteiger partial charge in [-0.1, -0.05) is 54.1 Å². The van der Waals surface area contributed by atoms with Crippen molar-refractivity contribution < 1.29 is 14.0 Å². The molecule has 2 amide bonds. The van der Waals surface area contributed by atoms with Crippen LogP contribution in [0.3, 0.4) is 0 Å². The summed E-state index contributed by atoms with van der Waals surface area (Å²) in [5, 5.41) is 5.23. The van der Waals surface area contributed by atoms with Gasteiger partial charge in [-0.3, -0.25) is 9.59 Å². The van der Waals surface area contributed by atoms with Crippen LogP contribution in [0, 0.1) is 12.7 Å². The zero-order chi connectivity index (χ0) is 23.9. The molecule has 6 heteroatoms. The number of halogens is 1. The Morgan fingerprint density at radius 3 is 2.18 bits per heavy atom. The zero-order valence-electron chi connectivity index (χ0n) is 18.5. The van der Waals surface area contributed by atoms with Crippen LogP contribution < -0.4 is 10.6 Å². The molecule has 1 atom stereocenters. The Hall–Kier alpha value is -3.90. The fourth-order valence-corrected chi connectivity index (χ4v) is 4.42. The van der Waals surface area contributed by atoms with Gasteiger partial charge in [0.25, 0.3) is 5.91 Å². The SMILES string of the molecule is Cc1ccc(C(=O)Nc2cccc(SC(C(=O)Nc3ccc(F)cc3)c3ccccc3)c2)cc1. The molecule has 0 radical (unpaired) electrons. The summed E-state index contributed by atoms with van der Waals surface area (Å²) < 4.78 is 13.2. The predicted molar refractivity (Wildman–Crippen MR) is 136 cm³/mol. The van der Waals surface area contributed by atoms with Crippen molar-refractivity contribution in [3.05, 3.63) is 126 Å². The van der Waals surface area contributed by atoms with Crippen molar-refractivity contribution in [1.82, 2.24) is 0 Å². The average molecular weight is 471 g/mol. The first-order chi connectivity index (χ1) is 16.5. The molecule has 0 aromatic heterocycles. The average Bonchev–Trinajstić information content (AvgIpc) is 2.85. The molecule has 4 aromatic carbocycles. The van der Waals surface area contributed by atoms with Crippen molar-refractivity contribution in [3.8, 4) is 0 Å². The second-order valence-electron chi connectivity index (χ2n) is 7.75. The zero-order valence-corrected chi connectivity index (χ0v) is 19.3. The fourth-order valence-electron chi connectivity index (χ4n) is 3.33. The Kier molecular flexibility index (Phi) is 7.40. The number of benzene rings is 4. The number of hydrogen-bond donors (Lipinski definition) is 2. The first kappa shape index (κ1) is 23.3. The Balaban J connectivity index is 1.53. The van der Waals surface area contributed by atoms with E-state index >= 15 is 0 Å². The highest BCUT2D eigenvalue weighted by molar-refractivity contribution is 8.00. The largest absolute Gasteiger partial charge is 0.325 e. The Morgan fingerprint density at radius 1 is 0.765 bits per heavy atom. The normalized spacial score (nSPS) is 11.5. The number of hydrogen-bond acceptors (Lipinski definition) is 3. The first-order valence-electron chi connectivity index (χ1n) is 10.7. The van der Waals surface area contributed by atoms with E-state index in [9.17, 15) is 14.0 Å². The molecule has 0 saturated heterocycles. The summed E-state index contributed by atoms with van der Waals surface area (Å²) in [7, 11) is 0. The number of thioether (sulfide) groups is 1. The first-order valence-corrected chi connectivity index (χ1v) is 11.6. The maximum atomic E-state index is 13.2. The quantitative estimate of drug-likeness (QED) is 0.290. The third kappa shape index (κ3) is 6.11. The summed E-state index contributed by atoms with van der Waals surface area (Å²) in [6, 6.07) is 29.9. The molecular formula is C28H23FN2O2S. The number of rotatable bonds is 7. The fraction of sp³-hybridized carbons (Fsp3) is 0.0714. The van der Waals surface area contributed by atoms with Crippen molar-refractivity contribution in [2.75, 3.05) is 10.6 Å². The van der Waals surface area contributed by atoms with E-state index in [1.807, 2.05) is 73.7 Å². The van der Waals surface area contributed by atoms with Crippen molar-refractivity contribution in [2.45, 2.75) is 17.1 Å². The third-order valence-corrected chi connectivity index (χ3v) is 6.36. The Morgan fingerprint density at radius 2 is 1.47 bits per heavy atom. The molecule has 170 valence electrons. The minimum atomic E-state index is -0.547. The second kappa shape index (κ2) is 10.8. The van der Waals surface area contributed by atoms with Gasteiger partial charge >= 0.3 is 0 Å². The van der Waals surface area contributed by atoms with Gasteiger partial charge in [0.2, 0.25) is 5.91 Å². The highest BCUT2D eigenvalue weighted by atomic mass is 32.2. The van der Waals surface area contributed by atoms with Gasteiger partial charge in [0.15, 0.2) is 0 Å². The van der Waals surface area contributed by atoms with Gasteiger partial charge in [-0.15, -0.1) is 11.8 Å². The van der Waals surface area contributed by atoms with E-state index in [0.717, 1.165) is 16.0 Å². The van der Waals surface area contributed by atoms with Crippen LogP contribution in [0.25, 0.3) is 0 Å². The van der Waals surface area contributed by atoms with E-state index < -0.39 is 5.25 Å². The van der Waals surface area contributed by atoms with Gasteiger partial charge in [-0.25, -0.2) is 4.39 Å². The molecule has 0 aliphatic carbocycles. The van der Waals surface area contributed by atoms with Crippen LogP contribution in [0.1, 0.15) is 26.7 Å². The molecule has 0 saturated carbocycles. The van der Waals surface area contributed by atoms with Gasteiger partial charge in [0.05, 0.1) is 0 Å². The molecule has 0 fully saturated rings. The monoisotopic (exact) mass is 470 g/mol. The number of amides is 2. The lowest BCUT2D eigenvalue weighted by Gasteiger charge is -2.18. The van der Waals surface area contributed by atoms with E-state index in [1.54, 1.807) is 12.1 Å². The lowest BCUT2D eigenvalue weighted by Crippen LogP contribution is -2.19. The molecule has 0 aliphatic rings. The van der Waals surface area contributed by atoms with Crippen molar-refractivity contribution in [2.24, 2.45) is 0 Å². The molecule has 4 rings (SSSR count). The van der Waals surface area contributed by atoms with E-state index in [1.165, 1.54) is 36.0 Å². The van der Waals surface area contributed by atoms with Gasteiger partial charge < -0.3 is 10.6 Å². The van der Waals surface area contributed by atoms with Crippen molar-refractivity contribution in [3.63, 3.8) is 0 Å². The number of nitrogens with one attached hydrogen (secondary N) is 2. The third-order valence-electron chi connectivity index (χ3n) is 5.11. The Labute approximate surface area is 202 Å². The molecule has 0 heterocycles. The van der Waals surface area contributed by atoms with Crippen LogP contribution in [0.4, 0.5) is 15.8 Å². The van der Waals surface area contributed by atoms with Crippen molar-refractivity contribution >= 4 is 35.0 Å². The highest BCUT2D eigenvalue weighted by Gasteiger charge is 2.22. The summed E-state index contributed by atoms with van der Waals surface area (Å²) in [6.45, 7) is 1.97. The van der Waals surface area contributed by atoms with Gasteiger partial charge in [0, 0.05) is 21.8 Å². The molecular weight excluding hydrogens is 447 g/mol. The van der Waals surface area contributed by atoms with Crippen LogP contribution in [-0.4, -0.2) is 11.8 Å². The molecule has 0 spiro atoms. The van der Waals surface area contributed by atoms with E-state index in [4.69, 9.17) is 0 Å².